The lowest BCUT2D eigenvalue weighted by Crippen LogP contribution is -2.30. The van der Waals surface area contributed by atoms with Crippen LogP contribution in [0, 0.1) is 0 Å². The minimum absolute atomic E-state index is 0.164. The Morgan fingerprint density at radius 2 is 1.66 bits per heavy atom. The van der Waals surface area contributed by atoms with E-state index in [2.05, 4.69) is 11.9 Å². The molecule has 1 amide bonds. The molecule has 2 aromatic carbocycles. The molecule has 0 aromatic heterocycles. The third kappa shape index (κ3) is 8.54. The molecule has 1 fully saturated rings. The summed E-state index contributed by atoms with van der Waals surface area (Å²) in [6, 6.07) is 11.1. The number of ether oxygens (including phenoxy) is 6. The van der Waals surface area contributed by atoms with E-state index in [1.54, 1.807) is 12.1 Å². The maximum Gasteiger partial charge on any atom is 0.412 e. The lowest BCUT2D eigenvalue weighted by molar-refractivity contribution is -0.139. The van der Waals surface area contributed by atoms with Gasteiger partial charge in [-0.15, -0.1) is 0 Å². The van der Waals surface area contributed by atoms with Crippen molar-refractivity contribution in [3.8, 4) is 11.5 Å². The quantitative estimate of drug-likeness (QED) is 0.205. The fourth-order valence-electron chi connectivity index (χ4n) is 2.66. The summed E-state index contributed by atoms with van der Waals surface area (Å²) in [5, 5.41) is 4.55. The van der Waals surface area contributed by atoms with E-state index in [1.165, 1.54) is 0 Å². The van der Waals surface area contributed by atoms with Gasteiger partial charge in [-0.1, -0.05) is 18.7 Å². The number of rotatable bonds is 14. The first-order chi connectivity index (χ1) is 15.6. The van der Waals surface area contributed by atoms with Gasteiger partial charge in [0.2, 0.25) is 0 Å². The topological polar surface area (TPSA) is 105 Å². The molecule has 172 valence electrons. The molecule has 9 heteroatoms. The SMILES string of the molecule is C=CC(=O)OCCOCCOCCNC(=O)Oc1ccc2cc(OCC3CO3)ccc2c1. The van der Waals surface area contributed by atoms with Gasteiger partial charge in [-0.05, 0) is 35.0 Å². The van der Waals surface area contributed by atoms with Gasteiger partial charge in [0.15, 0.2) is 0 Å². The van der Waals surface area contributed by atoms with Gasteiger partial charge in [-0.2, -0.15) is 0 Å². The largest absolute Gasteiger partial charge is 0.491 e. The van der Waals surface area contributed by atoms with E-state index in [0.717, 1.165) is 29.2 Å². The molecule has 1 aliphatic rings. The Morgan fingerprint density at radius 1 is 1.00 bits per heavy atom. The zero-order chi connectivity index (χ0) is 22.6. The molecule has 1 N–H and O–H groups in total. The standard InChI is InChI=1S/C23H27NO8/c1-2-22(25)29-12-11-28-10-9-27-8-7-24-23(26)32-20-6-4-17-13-19(5-3-18(17)14-20)30-15-21-16-31-21/h2-6,13-14,21H,1,7-12,15-16H2,(H,24,26). The van der Waals surface area contributed by atoms with Gasteiger partial charge in [0.25, 0.3) is 0 Å². The second kappa shape index (κ2) is 12.7. The predicted molar refractivity (Wildman–Crippen MR) is 116 cm³/mol. The van der Waals surface area contributed by atoms with Crippen LogP contribution in [0.3, 0.4) is 0 Å². The summed E-state index contributed by atoms with van der Waals surface area (Å²) in [6.45, 7) is 6.38. The number of nitrogens with one attached hydrogen (secondary N) is 1. The highest BCUT2D eigenvalue weighted by Crippen LogP contribution is 2.25. The van der Waals surface area contributed by atoms with Gasteiger partial charge >= 0.3 is 12.1 Å². The molecule has 9 nitrogen and oxygen atoms in total. The minimum Gasteiger partial charge on any atom is -0.491 e. The van der Waals surface area contributed by atoms with Crippen molar-refractivity contribution in [3.05, 3.63) is 49.1 Å². The first-order valence-electron chi connectivity index (χ1n) is 10.3. The zero-order valence-electron chi connectivity index (χ0n) is 17.7. The van der Waals surface area contributed by atoms with Crippen molar-refractivity contribution in [2.24, 2.45) is 0 Å². The van der Waals surface area contributed by atoms with Crippen molar-refractivity contribution >= 4 is 22.8 Å². The lowest BCUT2D eigenvalue weighted by Gasteiger charge is -2.09. The first-order valence-corrected chi connectivity index (χ1v) is 10.3. The molecule has 3 rings (SSSR count). The van der Waals surface area contributed by atoms with E-state index in [-0.39, 0.29) is 19.3 Å². The highest BCUT2D eigenvalue weighted by atomic mass is 16.6. The molecule has 0 aliphatic carbocycles. The maximum absolute atomic E-state index is 12.0. The number of amides is 1. The van der Waals surface area contributed by atoms with E-state index in [4.69, 9.17) is 28.4 Å². The van der Waals surface area contributed by atoms with E-state index >= 15 is 0 Å². The Morgan fingerprint density at radius 3 is 2.38 bits per heavy atom. The number of hydrogen-bond donors (Lipinski definition) is 1. The fourth-order valence-corrected chi connectivity index (χ4v) is 2.66. The third-order valence-electron chi connectivity index (χ3n) is 4.36. The van der Waals surface area contributed by atoms with Crippen LogP contribution >= 0.6 is 0 Å². The number of epoxide rings is 1. The monoisotopic (exact) mass is 445 g/mol. The smallest absolute Gasteiger partial charge is 0.412 e. The normalized spacial score (nSPS) is 14.6. The highest BCUT2D eigenvalue weighted by Gasteiger charge is 2.23. The molecule has 1 saturated heterocycles. The fraction of sp³-hybridized carbons (Fsp3) is 0.391. The van der Waals surface area contributed by atoms with Gasteiger partial charge in [-0.3, -0.25) is 0 Å². The number of esters is 1. The summed E-state index contributed by atoms with van der Waals surface area (Å²) in [6.07, 6.45) is 0.746. The van der Waals surface area contributed by atoms with E-state index in [1.807, 2.05) is 24.3 Å². The molecular formula is C23H27NO8. The molecule has 1 unspecified atom stereocenters. The molecule has 1 aliphatic heterocycles. The first kappa shape index (κ1) is 23.5. The average molecular weight is 445 g/mol. The Kier molecular flexibility index (Phi) is 9.30. The van der Waals surface area contributed by atoms with Crippen LogP contribution in [-0.4, -0.2) is 71.0 Å². The van der Waals surface area contributed by atoms with E-state index in [9.17, 15) is 9.59 Å². The second-order valence-electron chi connectivity index (χ2n) is 6.85. The van der Waals surface area contributed by atoms with Gasteiger partial charge in [0, 0.05) is 12.6 Å². The molecule has 0 saturated carbocycles. The van der Waals surface area contributed by atoms with Crippen molar-refractivity contribution in [2.45, 2.75) is 6.10 Å². The van der Waals surface area contributed by atoms with Crippen molar-refractivity contribution in [3.63, 3.8) is 0 Å². The lowest BCUT2D eigenvalue weighted by atomic mass is 10.1. The summed E-state index contributed by atoms with van der Waals surface area (Å²) in [7, 11) is 0. The van der Waals surface area contributed by atoms with Crippen molar-refractivity contribution in [1.29, 1.82) is 0 Å². The van der Waals surface area contributed by atoms with Crippen LogP contribution < -0.4 is 14.8 Å². The van der Waals surface area contributed by atoms with Gasteiger partial charge < -0.3 is 33.7 Å². The van der Waals surface area contributed by atoms with Crippen LogP contribution in [0.2, 0.25) is 0 Å². The number of hydrogen-bond acceptors (Lipinski definition) is 8. The Hall–Kier alpha value is -3.14. The molecule has 2 aromatic rings. The zero-order valence-corrected chi connectivity index (χ0v) is 17.7. The Labute approximate surface area is 186 Å². The van der Waals surface area contributed by atoms with E-state index in [0.29, 0.717) is 38.7 Å². The van der Waals surface area contributed by atoms with Crippen molar-refractivity contribution < 1.29 is 38.0 Å². The number of carbonyl (C=O) groups excluding carboxylic acids is 2. The molecule has 0 bridgehead atoms. The third-order valence-corrected chi connectivity index (χ3v) is 4.36. The summed E-state index contributed by atoms with van der Waals surface area (Å²) in [5.41, 5.74) is 0. The highest BCUT2D eigenvalue weighted by molar-refractivity contribution is 5.86. The Bertz CT molecular complexity index is 912. The summed E-state index contributed by atoms with van der Waals surface area (Å²) in [4.78, 5) is 22.8. The number of fused-ring (bicyclic) bond motifs is 1. The van der Waals surface area contributed by atoms with E-state index < -0.39 is 12.1 Å². The molecular weight excluding hydrogens is 418 g/mol. The number of benzene rings is 2. The molecule has 1 heterocycles. The van der Waals surface area contributed by atoms with Crippen molar-refractivity contribution in [1.82, 2.24) is 5.32 Å². The van der Waals surface area contributed by atoms with Crippen LogP contribution in [0.5, 0.6) is 11.5 Å². The molecule has 32 heavy (non-hydrogen) atoms. The molecule has 1 atom stereocenters. The van der Waals surface area contributed by atoms with Gasteiger partial charge in [0.05, 0.1) is 33.0 Å². The van der Waals surface area contributed by atoms with Crippen LogP contribution in [0.4, 0.5) is 4.79 Å². The van der Waals surface area contributed by atoms with Crippen LogP contribution in [0.25, 0.3) is 10.8 Å². The maximum atomic E-state index is 12.0. The summed E-state index contributed by atoms with van der Waals surface area (Å²) < 4.78 is 31.5. The number of carbonyl (C=O) groups is 2. The van der Waals surface area contributed by atoms with Crippen molar-refractivity contribution in [2.75, 3.05) is 52.8 Å². The Balaban J connectivity index is 1.27. The van der Waals surface area contributed by atoms with Gasteiger partial charge in [0.1, 0.15) is 30.8 Å². The van der Waals surface area contributed by atoms with Crippen LogP contribution in [0.15, 0.2) is 49.1 Å². The van der Waals surface area contributed by atoms with Gasteiger partial charge in [-0.25, -0.2) is 9.59 Å². The average Bonchev–Trinajstić information content (AvgIpc) is 3.63. The summed E-state index contributed by atoms with van der Waals surface area (Å²) in [5.74, 6) is 0.743. The predicted octanol–water partition coefficient (Wildman–Crippen LogP) is 2.47. The second-order valence-corrected chi connectivity index (χ2v) is 6.85. The summed E-state index contributed by atoms with van der Waals surface area (Å²) >= 11 is 0. The minimum atomic E-state index is -0.558. The van der Waals surface area contributed by atoms with Crippen LogP contribution in [0.1, 0.15) is 0 Å². The van der Waals surface area contributed by atoms with Crippen LogP contribution in [-0.2, 0) is 23.7 Å². The molecule has 0 radical (unpaired) electrons. The molecule has 0 spiro atoms.